The van der Waals surface area contributed by atoms with E-state index in [1.165, 1.54) is 0 Å². The summed E-state index contributed by atoms with van der Waals surface area (Å²) in [5, 5.41) is 0.234. The Kier molecular flexibility index (Phi) is 8.31. The molecule has 0 amide bonds. The van der Waals surface area contributed by atoms with Crippen LogP contribution in [0, 0.1) is 0 Å². The summed E-state index contributed by atoms with van der Waals surface area (Å²) in [7, 11) is -1.70. The van der Waals surface area contributed by atoms with E-state index in [2.05, 4.69) is 40.8 Å². The molecule has 2 atom stereocenters. The predicted molar refractivity (Wildman–Crippen MR) is 105 cm³/mol. The fraction of sp³-hybridized carbons (Fsp3) is 0.950. The maximum atomic E-state index is 12.1. The van der Waals surface area contributed by atoms with Crippen molar-refractivity contribution in [3.8, 4) is 0 Å². The molecular weight excluding hydrogens is 332 g/mol. The molecule has 0 aromatic rings. The van der Waals surface area contributed by atoms with Crippen LogP contribution in [0.5, 0.6) is 0 Å². The van der Waals surface area contributed by atoms with E-state index < -0.39 is 14.1 Å². The number of ether oxygens (including phenoxy) is 2. The van der Waals surface area contributed by atoms with E-state index in [0.717, 1.165) is 25.7 Å². The van der Waals surface area contributed by atoms with E-state index in [1.54, 1.807) is 0 Å². The van der Waals surface area contributed by atoms with Gasteiger partial charge in [-0.2, -0.15) is 0 Å². The molecule has 0 aliphatic carbocycles. The molecule has 5 heteroatoms. The van der Waals surface area contributed by atoms with Gasteiger partial charge in [0.15, 0.2) is 14.1 Å². The summed E-state index contributed by atoms with van der Waals surface area (Å²) in [6.45, 7) is 18.0. The molecule has 1 heterocycles. The van der Waals surface area contributed by atoms with Crippen LogP contribution in [0.4, 0.5) is 0 Å². The number of carbonyl (C=O) groups is 1. The number of hydrogen-bond donors (Lipinski definition) is 0. The third-order valence-electron chi connectivity index (χ3n) is 5.42. The Balaban J connectivity index is 2.14. The fourth-order valence-electron chi connectivity index (χ4n) is 2.88. The van der Waals surface area contributed by atoms with Crippen LogP contribution in [0.1, 0.15) is 80.1 Å². The number of ketones is 1. The van der Waals surface area contributed by atoms with Gasteiger partial charge in [-0.05, 0) is 64.6 Å². The first-order valence-corrected chi connectivity index (χ1v) is 12.7. The van der Waals surface area contributed by atoms with Crippen molar-refractivity contribution in [1.29, 1.82) is 0 Å². The molecular formula is C20H40O4Si. The maximum Gasteiger partial charge on any atom is 0.192 e. The Morgan fingerprint density at radius 3 is 2.36 bits per heavy atom. The van der Waals surface area contributed by atoms with Crippen molar-refractivity contribution < 1.29 is 18.7 Å². The number of hydrogen-bond acceptors (Lipinski definition) is 4. The molecule has 0 radical (unpaired) electrons. The number of carbonyl (C=O) groups excluding carboxylic acids is 1. The minimum Gasteiger partial charge on any atom is -0.414 e. The van der Waals surface area contributed by atoms with Gasteiger partial charge in [0.05, 0.1) is 12.7 Å². The Bertz CT molecular complexity index is 426. The molecule has 0 N–H and O–H groups in total. The van der Waals surface area contributed by atoms with E-state index in [4.69, 9.17) is 13.9 Å². The molecule has 0 aromatic carbocycles. The zero-order chi connectivity index (χ0) is 19.3. The first-order chi connectivity index (χ1) is 11.3. The molecule has 0 aromatic heterocycles. The van der Waals surface area contributed by atoms with Crippen molar-refractivity contribution in [2.24, 2.45) is 0 Å². The SMILES string of the molecule is C[C@@H](CCCC(=O)CCC[C@@H]1COC(C)(C)O1)O[Si](C)(C)C(C)(C)C. The van der Waals surface area contributed by atoms with Crippen LogP contribution in [0.2, 0.25) is 18.1 Å². The molecule has 0 saturated carbocycles. The molecule has 1 aliphatic rings. The highest BCUT2D eigenvalue weighted by Gasteiger charge is 2.38. The Hall–Kier alpha value is -0.233. The molecule has 4 nitrogen and oxygen atoms in total. The van der Waals surface area contributed by atoms with Crippen molar-refractivity contribution in [2.75, 3.05) is 6.61 Å². The van der Waals surface area contributed by atoms with Crippen LogP contribution >= 0.6 is 0 Å². The first-order valence-electron chi connectivity index (χ1n) is 9.84. The lowest BCUT2D eigenvalue weighted by Crippen LogP contribution is -2.43. The summed E-state index contributed by atoms with van der Waals surface area (Å²) in [5.41, 5.74) is 0. The minimum atomic E-state index is -1.70. The summed E-state index contributed by atoms with van der Waals surface area (Å²) >= 11 is 0. The topological polar surface area (TPSA) is 44.8 Å². The van der Waals surface area contributed by atoms with Crippen LogP contribution in [0.15, 0.2) is 0 Å². The standard InChI is InChI=1S/C20H40O4Si/c1-16(24-25(7,8)19(2,3)4)11-9-12-17(21)13-10-14-18-15-22-20(5,6)23-18/h16,18H,9-15H2,1-8H3/t16-,18+/m0/s1. The summed E-state index contributed by atoms with van der Waals surface area (Å²) in [6.07, 6.45) is 5.37. The van der Waals surface area contributed by atoms with Crippen molar-refractivity contribution in [3.63, 3.8) is 0 Å². The predicted octanol–water partition coefficient (Wildman–Crippen LogP) is 5.46. The number of rotatable bonds is 10. The zero-order valence-corrected chi connectivity index (χ0v) is 18.7. The smallest absolute Gasteiger partial charge is 0.192 e. The van der Waals surface area contributed by atoms with E-state index in [9.17, 15) is 4.79 Å². The lowest BCUT2D eigenvalue weighted by Gasteiger charge is -2.38. The zero-order valence-electron chi connectivity index (χ0n) is 17.7. The van der Waals surface area contributed by atoms with Gasteiger partial charge in [-0.15, -0.1) is 0 Å². The van der Waals surface area contributed by atoms with Gasteiger partial charge >= 0.3 is 0 Å². The second kappa shape index (κ2) is 9.11. The summed E-state index contributed by atoms with van der Waals surface area (Å²) in [5.74, 6) is -0.104. The molecule has 0 unspecified atom stereocenters. The Morgan fingerprint density at radius 2 is 1.84 bits per heavy atom. The van der Waals surface area contributed by atoms with Gasteiger partial charge in [-0.3, -0.25) is 4.79 Å². The van der Waals surface area contributed by atoms with Crippen molar-refractivity contribution in [2.45, 2.75) is 116 Å². The summed E-state index contributed by atoms with van der Waals surface area (Å²) in [6, 6.07) is 0. The molecule has 1 aliphatic heterocycles. The Morgan fingerprint density at radius 1 is 1.24 bits per heavy atom. The lowest BCUT2D eigenvalue weighted by atomic mass is 10.0. The molecule has 0 spiro atoms. The van der Waals surface area contributed by atoms with Crippen molar-refractivity contribution in [1.82, 2.24) is 0 Å². The molecule has 1 saturated heterocycles. The quantitative estimate of drug-likeness (QED) is 0.478. The van der Waals surface area contributed by atoms with Crippen molar-refractivity contribution >= 4 is 14.1 Å². The average Bonchev–Trinajstić information content (AvgIpc) is 2.76. The Labute approximate surface area is 156 Å². The van der Waals surface area contributed by atoms with Gasteiger partial charge in [0.25, 0.3) is 0 Å². The van der Waals surface area contributed by atoms with E-state index in [-0.39, 0.29) is 17.2 Å². The third kappa shape index (κ3) is 8.33. The minimum absolute atomic E-state index is 0.140. The van der Waals surface area contributed by atoms with Gasteiger partial charge in [-0.1, -0.05) is 20.8 Å². The van der Waals surface area contributed by atoms with E-state index in [0.29, 0.717) is 25.2 Å². The highest BCUT2D eigenvalue weighted by Crippen LogP contribution is 2.37. The molecule has 25 heavy (non-hydrogen) atoms. The van der Waals surface area contributed by atoms with Gasteiger partial charge in [0.1, 0.15) is 5.78 Å². The third-order valence-corrected chi connectivity index (χ3v) is 10.0. The van der Waals surface area contributed by atoms with Crippen molar-refractivity contribution in [3.05, 3.63) is 0 Å². The summed E-state index contributed by atoms with van der Waals surface area (Å²) in [4.78, 5) is 12.1. The normalized spacial score (nSPS) is 22.2. The second-order valence-electron chi connectivity index (χ2n) is 9.46. The molecule has 148 valence electrons. The molecule has 1 fully saturated rings. The van der Waals surface area contributed by atoms with Crippen LogP contribution in [-0.2, 0) is 18.7 Å². The first kappa shape index (κ1) is 22.8. The largest absolute Gasteiger partial charge is 0.414 e. The lowest BCUT2D eigenvalue weighted by molar-refractivity contribution is -0.139. The highest BCUT2D eigenvalue weighted by atomic mass is 28.4. The van der Waals surface area contributed by atoms with Gasteiger partial charge in [0, 0.05) is 18.9 Å². The van der Waals surface area contributed by atoms with Crippen LogP contribution in [-0.4, -0.2) is 38.7 Å². The van der Waals surface area contributed by atoms with Gasteiger partial charge in [0.2, 0.25) is 0 Å². The average molecular weight is 373 g/mol. The van der Waals surface area contributed by atoms with Crippen LogP contribution in [0.3, 0.4) is 0 Å². The van der Waals surface area contributed by atoms with E-state index >= 15 is 0 Å². The maximum absolute atomic E-state index is 12.1. The second-order valence-corrected chi connectivity index (χ2v) is 14.2. The number of Topliss-reactive ketones (excluding diaryl/α,β-unsaturated/α-hetero) is 1. The monoisotopic (exact) mass is 372 g/mol. The van der Waals surface area contributed by atoms with Crippen LogP contribution in [0.25, 0.3) is 0 Å². The van der Waals surface area contributed by atoms with Crippen LogP contribution < -0.4 is 0 Å². The summed E-state index contributed by atoms with van der Waals surface area (Å²) < 4.78 is 17.7. The fourth-order valence-corrected chi connectivity index (χ4v) is 4.36. The molecule has 1 rings (SSSR count). The van der Waals surface area contributed by atoms with Gasteiger partial charge in [-0.25, -0.2) is 0 Å². The van der Waals surface area contributed by atoms with E-state index in [1.807, 2.05) is 13.8 Å². The van der Waals surface area contributed by atoms with Gasteiger partial charge < -0.3 is 13.9 Å². The molecule has 0 bridgehead atoms. The highest BCUT2D eigenvalue weighted by molar-refractivity contribution is 6.74.